The number of amidine groups is 1. The largest absolute Gasteiger partial charge is 0.399 e. The monoisotopic (exact) mass is 361 g/mol. The zero-order valence-electron chi connectivity index (χ0n) is 13.0. The van der Waals surface area contributed by atoms with Gasteiger partial charge in [0, 0.05) is 5.75 Å². The Morgan fingerprint density at radius 2 is 1.88 bits per heavy atom. The number of aliphatic imine (C=N–C) groups is 1. The zero-order valence-corrected chi connectivity index (χ0v) is 13.9. The van der Waals surface area contributed by atoms with Crippen molar-refractivity contribution in [3.05, 3.63) is 65.2 Å². The van der Waals surface area contributed by atoms with Crippen molar-refractivity contribution in [1.82, 2.24) is 0 Å². The van der Waals surface area contributed by atoms with Crippen LogP contribution in [0.1, 0.15) is 22.6 Å². The maximum atomic E-state index is 13.9. The molecule has 1 N–H and O–H groups in total. The minimum Gasteiger partial charge on any atom is -0.334 e. The van der Waals surface area contributed by atoms with Crippen molar-refractivity contribution in [2.75, 3.05) is 17.6 Å². The van der Waals surface area contributed by atoms with E-state index >= 15 is 0 Å². The molecule has 1 aliphatic heterocycles. The number of benzene rings is 2. The number of thioether (sulfide) groups is 1. The molecule has 1 heterocycles. The van der Waals surface area contributed by atoms with Crippen molar-refractivity contribution in [3.8, 4) is 6.07 Å². The van der Waals surface area contributed by atoms with Gasteiger partial charge in [0.15, 0.2) is 5.17 Å². The molecule has 2 aromatic rings. The number of nitrogens with one attached hydrogen (secondary N) is 1. The lowest BCUT2D eigenvalue weighted by atomic mass is 9.88. The third-order valence-electron chi connectivity index (χ3n) is 3.81. The fraction of sp³-hybridized carbons (Fsp3) is 0.222. The van der Waals surface area contributed by atoms with E-state index in [-0.39, 0.29) is 22.4 Å². The van der Waals surface area contributed by atoms with E-state index in [4.69, 9.17) is 0 Å². The molecule has 0 saturated heterocycles. The van der Waals surface area contributed by atoms with Gasteiger partial charge in [-0.1, -0.05) is 54.2 Å². The van der Waals surface area contributed by atoms with E-state index in [2.05, 4.69) is 10.3 Å². The van der Waals surface area contributed by atoms with Crippen molar-refractivity contribution >= 4 is 22.6 Å². The number of alkyl halides is 3. The molecule has 3 nitrogen and oxygen atoms in total. The predicted octanol–water partition coefficient (Wildman–Crippen LogP) is 4.77. The summed E-state index contributed by atoms with van der Waals surface area (Å²) >= 11 is 1.43. The zero-order chi connectivity index (χ0) is 17.9. The van der Waals surface area contributed by atoms with Crippen LogP contribution >= 0.6 is 11.8 Å². The first-order valence-electron chi connectivity index (χ1n) is 7.59. The Hall–Kier alpha value is -2.46. The molecular formula is C18H14F3N3S. The molecule has 0 radical (unpaired) electrons. The van der Waals surface area contributed by atoms with Crippen molar-refractivity contribution in [3.63, 3.8) is 0 Å². The average Bonchev–Trinajstić information content (AvgIpc) is 3.09. The molecule has 7 heteroatoms. The van der Waals surface area contributed by atoms with Crippen LogP contribution in [0.15, 0.2) is 53.5 Å². The molecule has 0 bridgehead atoms. The van der Waals surface area contributed by atoms with Gasteiger partial charge in [-0.2, -0.15) is 18.4 Å². The van der Waals surface area contributed by atoms with Crippen LogP contribution < -0.4 is 5.32 Å². The van der Waals surface area contributed by atoms with Crippen LogP contribution in [0.25, 0.3) is 0 Å². The number of rotatable bonds is 3. The molecule has 0 saturated carbocycles. The van der Waals surface area contributed by atoms with E-state index < -0.39 is 12.1 Å². The Bertz CT molecular complexity index is 826. The number of nitriles is 1. The van der Waals surface area contributed by atoms with Crippen LogP contribution in [0, 0.1) is 11.3 Å². The first-order chi connectivity index (χ1) is 12.0. The van der Waals surface area contributed by atoms with E-state index in [1.165, 1.54) is 42.1 Å². The standard InChI is InChI=1S/C18H14F3N3S/c19-18(20,21)15(12-5-2-1-3-6-12)14-8-4-7-13(11-22)16(14)24-17-23-9-10-25-17/h1-8,15H,9-10H2,(H,23,24). The number of hydrogen-bond acceptors (Lipinski definition) is 4. The fourth-order valence-corrected chi connectivity index (χ4v) is 3.48. The van der Waals surface area contributed by atoms with E-state index in [0.29, 0.717) is 11.7 Å². The summed E-state index contributed by atoms with van der Waals surface area (Å²) in [6, 6.07) is 14.1. The number of nitrogens with zero attached hydrogens (tertiary/aromatic N) is 2. The topological polar surface area (TPSA) is 48.2 Å². The SMILES string of the molecule is N#Cc1cccc(C(c2ccccc2)C(F)(F)F)c1NC1=NCCS1. The van der Waals surface area contributed by atoms with Gasteiger partial charge in [0.2, 0.25) is 0 Å². The average molecular weight is 361 g/mol. The van der Waals surface area contributed by atoms with Crippen LogP contribution in [0.2, 0.25) is 0 Å². The third kappa shape index (κ3) is 3.80. The lowest BCUT2D eigenvalue weighted by Gasteiger charge is -2.24. The molecule has 1 aliphatic rings. The lowest BCUT2D eigenvalue weighted by Crippen LogP contribution is -2.24. The van der Waals surface area contributed by atoms with Gasteiger partial charge in [0.05, 0.1) is 17.8 Å². The maximum Gasteiger partial charge on any atom is 0.399 e. The first-order valence-corrected chi connectivity index (χ1v) is 8.58. The second kappa shape index (κ2) is 7.19. The maximum absolute atomic E-state index is 13.9. The second-order valence-electron chi connectivity index (χ2n) is 5.43. The van der Waals surface area contributed by atoms with Crippen molar-refractivity contribution in [2.45, 2.75) is 12.1 Å². The quantitative estimate of drug-likeness (QED) is 0.857. The van der Waals surface area contributed by atoms with Gasteiger partial charge >= 0.3 is 6.18 Å². The van der Waals surface area contributed by atoms with Crippen LogP contribution in [0.5, 0.6) is 0 Å². The Kier molecular flexibility index (Phi) is 5.00. The van der Waals surface area contributed by atoms with Crippen LogP contribution in [0.3, 0.4) is 0 Å². The molecule has 1 atom stereocenters. The van der Waals surface area contributed by atoms with Gasteiger partial charge in [-0.05, 0) is 17.2 Å². The molecule has 2 aromatic carbocycles. The highest BCUT2D eigenvalue weighted by atomic mass is 32.2. The Morgan fingerprint density at radius 3 is 2.48 bits per heavy atom. The molecule has 128 valence electrons. The lowest BCUT2D eigenvalue weighted by molar-refractivity contribution is -0.141. The number of anilines is 1. The molecule has 0 aliphatic carbocycles. The summed E-state index contributed by atoms with van der Waals surface area (Å²) < 4.78 is 41.6. The molecule has 0 amide bonds. The summed E-state index contributed by atoms with van der Waals surface area (Å²) in [7, 11) is 0. The van der Waals surface area contributed by atoms with Crippen molar-refractivity contribution < 1.29 is 13.2 Å². The summed E-state index contributed by atoms with van der Waals surface area (Å²) in [4.78, 5) is 4.22. The van der Waals surface area contributed by atoms with E-state index in [0.717, 1.165) is 5.75 Å². The van der Waals surface area contributed by atoms with Crippen LogP contribution in [-0.4, -0.2) is 23.6 Å². The van der Waals surface area contributed by atoms with Gasteiger partial charge in [0.25, 0.3) is 0 Å². The van der Waals surface area contributed by atoms with E-state index in [1.54, 1.807) is 18.2 Å². The number of hydrogen-bond donors (Lipinski definition) is 1. The molecule has 25 heavy (non-hydrogen) atoms. The van der Waals surface area contributed by atoms with Gasteiger partial charge < -0.3 is 5.32 Å². The van der Waals surface area contributed by atoms with Crippen molar-refractivity contribution in [2.24, 2.45) is 4.99 Å². The Labute approximate surface area is 147 Å². The fourth-order valence-electron chi connectivity index (χ4n) is 2.75. The van der Waals surface area contributed by atoms with Crippen LogP contribution in [0.4, 0.5) is 18.9 Å². The summed E-state index contributed by atoms with van der Waals surface area (Å²) in [5.74, 6) is -1.05. The third-order valence-corrected chi connectivity index (χ3v) is 4.70. The predicted molar refractivity (Wildman–Crippen MR) is 93.9 cm³/mol. The van der Waals surface area contributed by atoms with E-state index in [1.807, 2.05) is 6.07 Å². The van der Waals surface area contributed by atoms with Gasteiger partial charge in [0.1, 0.15) is 12.0 Å². The summed E-state index contributed by atoms with van der Waals surface area (Å²) in [6.45, 7) is 0.610. The Balaban J connectivity index is 2.14. The highest BCUT2D eigenvalue weighted by molar-refractivity contribution is 8.14. The molecule has 3 rings (SSSR count). The smallest absolute Gasteiger partial charge is 0.334 e. The highest BCUT2D eigenvalue weighted by Gasteiger charge is 2.43. The normalized spacial score (nSPS) is 15.4. The number of halogens is 3. The van der Waals surface area contributed by atoms with Gasteiger partial charge in [-0.3, -0.25) is 4.99 Å². The van der Waals surface area contributed by atoms with E-state index in [9.17, 15) is 18.4 Å². The molecular weight excluding hydrogens is 347 g/mol. The molecule has 0 fully saturated rings. The highest BCUT2D eigenvalue weighted by Crippen LogP contribution is 2.43. The van der Waals surface area contributed by atoms with Crippen LogP contribution in [-0.2, 0) is 0 Å². The van der Waals surface area contributed by atoms with Gasteiger partial charge in [-0.15, -0.1) is 0 Å². The van der Waals surface area contributed by atoms with Crippen molar-refractivity contribution in [1.29, 1.82) is 5.26 Å². The minimum absolute atomic E-state index is 0.0213. The summed E-state index contributed by atoms with van der Waals surface area (Å²) in [5.41, 5.74) is 0.490. The number of para-hydroxylation sites is 1. The second-order valence-corrected chi connectivity index (χ2v) is 6.51. The Morgan fingerprint density at radius 1 is 1.12 bits per heavy atom. The molecule has 0 spiro atoms. The molecule has 1 unspecified atom stereocenters. The van der Waals surface area contributed by atoms with Gasteiger partial charge in [-0.25, -0.2) is 0 Å². The minimum atomic E-state index is -4.49. The summed E-state index contributed by atoms with van der Waals surface area (Å²) in [6.07, 6.45) is -4.49. The first kappa shape index (κ1) is 17.4. The summed E-state index contributed by atoms with van der Waals surface area (Å²) in [5, 5.41) is 12.8. The molecule has 0 aromatic heterocycles.